The maximum Gasteiger partial charge on any atom is 0.102 e. The molecular weight excluding hydrogens is 198 g/mol. The van der Waals surface area contributed by atoms with E-state index in [1.165, 1.54) is 10.9 Å². The second-order valence-corrected chi connectivity index (χ2v) is 4.74. The van der Waals surface area contributed by atoms with Crippen LogP contribution in [0.15, 0.2) is 30.5 Å². The molecule has 1 heterocycles. The minimum Gasteiger partial charge on any atom is -0.387 e. The number of fused-ring (bicyclic) bond motifs is 1. The molecule has 1 aromatic heterocycles. The molecule has 1 aliphatic carbocycles. The number of benzene rings is 1. The van der Waals surface area contributed by atoms with Crippen molar-refractivity contribution in [1.29, 1.82) is 5.41 Å². The number of aromatic amines is 1. The first kappa shape index (κ1) is 9.46. The summed E-state index contributed by atoms with van der Waals surface area (Å²) in [6.45, 7) is 2.16. The van der Waals surface area contributed by atoms with E-state index in [2.05, 4.69) is 24.0 Å². The Hall–Kier alpha value is -1.77. The first-order valence-corrected chi connectivity index (χ1v) is 5.57. The monoisotopic (exact) mass is 213 g/mol. The predicted molar refractivity (Wildman–Crippen MR) is 65.7 cm³/mol. The smallest absolute Gasteiger partial charge is 0.102 e. The van der Waals surface area contributed by atoms with Gasteiger partial charge in [0.2, 0.25) is 0 Å². The maximum atomic E-state index is 7.81. The fourth-order valence-electron chi connectivity index (χ4n) is 2.76. The summed E-state index contributed by atoms with van der Waals surface area (Å²) in [7, 11) is 0. The molecule has 3 nitrogen and oxygen atoms in total. The average Bonchev–Trinajstić information content (AvgIpc) is 2.77. The normalized spacial score (nSPS) is 28.2. The molecule has 0 saturated heterocycles. The van der Waals surface area contributed by atoms with Crippen LogP contribution in [0.3, 0.4) is 0 Å². The first-order valence-electron chi connectivity index (χ1n) is 5.57. The van der Waals surface area contributed by atoms with Crippen LogP contribution < -0.4 is 5.73 Å². The van der Waals surface area contributed by atoms with Crippen molar-refractivity contribution in [2.24, 2.45) is 11.7 Å². The van der Waals surface area contributed by atoms with Crippen LogP contribution in [0.4, 0.5) is 0 Å². The molecule has 4 N–H and O–H groups in total. The Morgan fingerprint density at radius 2 is 2.19 bits per heavy atom. The highest BCUT2D eigenvalue weighted by atomic mass is 14.8. The van der Waals surface area contributed by atoms with E-state index in [0.29, 0.717) is 11.8 Å². The second kappa shape index (κ2) is 2.88. The second-order valence-electron chi connectivity index (χ2n) is 4.74. The molecule has 2 aromatic rings. The summed E-state index contributed by atoms with van der Waals surface area (Å²) in [6, 6.07) is 8.19. The topological polar surface area (TPSA) is 65.7 Å². The van der Waals surface area contributed by atoms with Gasteiger partial charge in [-0.25, -0.2) is 0 Å². The van der Waals surface area contributed by atoms with Crippen LogP contribution in [0, 0.1) is 11.3 Å². The number of para-hydroxylation sites is 1. The van der Waals surface area contributed by atoms with Crippen LogP contribution in [0.1, 0.15) is 18.9 Å². The highest BCUT2D eigenvalue weighted by Crippen LogP contribution is 2.55. The van der Waals surface area contributed by atoms with Gasteiger partial charge in [0, 0.05) is 17.1 Å². The van der Waals surface area contributed by atoms with E-state index in [9.17, 15) is 0 Å². The lowest BCUT2D eigenvalue weighted by Crippen LogP contribution is -2.29. The van der Waals surface area contributed by atoms with Gasteiger partial charge in [0.25, 0.3) is 0 Å². The molecule has 0 spiro atoms. The summed E-state index contributed by atoms with van der Waals surface area (Å²) in [5, 5.41) is 9.00. The summed E-state index contributed by atoms with van der Waals surface area (Å²) in [4.78, 5) is 3.26. The molecule has 2 atom stereocenters. The highest BCUT2D eigenvalue weighted by molar-refractivity contribution is 5.98. The Balaban J connectivity index is 2.23. The van der Waals surface area contributed by atoms with Crippen molar-refractivity contribution in [3.8, 4) is 0 Å². The number of nitrogens with two attached hydrogens (primary N) is 1. The largest absolute Gasteiger partial charge is 0.387 e. The van der Waals surface area contributed by atoms with Crippen LogP contribution >= 0.6 is 0 Å². The Labute approximate surface area is 94.2 Å². The van der Waals surface area contributed by atoms with Crippen LogP contribution in [0.5, 0.6) is 0 Å². The molecule has 82 valence electrons. The third-order valence-electron chi connectivity index (χ3n) is 3.86. The van der Waals surface area contributed by atoms with Gasteiger partial charge in [-0.3, -0.25) is 5.41 Å². The summed E-state index contributed by atoms with van der Waals surface area (Å²) in [6.07, 6.45) is 3.00. The van der Waals surface area contributed by atoms with Gasteiger partial charge in [0.05, 0.1) is 5.41 Å². The molecule has 1 aliphatic rings. The Morgan fingerprint density at radius 3 is 2.81 bits per heavy atom. The molecular formula is C13H15N3. The van der Waals surface area contributed by atoms with Gasteiger partial charge in [-0.05, 0) is 24.0 Å². The number of hydrogen-bond donors (Lipinski definition) is 3. The highest BCUT2D eigenvalue weighted by Gasteiger charge is 2.56. The van der Waals surface area contributed by atoms with Gasteiger partial charge in [0.15, 0.2) is 0 Å². The Kier molecular flexibility index (Phi) is 1.70. The molecule has 16 heavy (non-hydrogen) atoms. The number of rotatable bonds is 2. The number of hydrogen-bond acceptors (Lipinski definition) is 1. The Bertz CT molecular complexity index is 569. The van der Waals surface area contributed by atoms with Gasteiger partial charge in [-0.1, -0.05) is 25.1 Å². The summed E-state index contributed by atoms with van der Waals surface area (Å²) >= 11 is 0. The van der Waals surface area contributed by atoms with Crippen LogP contribution in [0.25, 0.3) is 10.9 Å². The predicted octanol–water partition coefficient (Wildman–Crippen LogP) is 2.38. The third kappa shape index (κ3) is 1.00. The minimum atomic E-state index is -0.209. The Morgan fingerprint density at radius 1 is 1.50 bits per heavy atom. The molecule has 1 fully saturated rings. The van der Waals surface area contributed by atoms with Crippen LogP contribution in [-0.4, -0.2) is 10.8 Å². The van der Waals surface area contributed by atoms with Crippen molar-refractivity contribution in [2.75, 3.05) is 0 Å². The van der Waals surface area contributed by atoms with Crippen molar-refractivity contribution in [3.05, 3.63) is 36.0 Å². The lowest BCUT2D eigenvalue weighted by Gasteiger charge is -2.13. The fourth-order valence-corrected chi connectivity index (χ4v) is 2.76. The van der Waals surface area contributed by atoms with Crippen LogP contribution in [0.2, 0.25) is 0 Å². The van der Waals surface area contributed by atoms with Crippen LogP contribution in [-0.2, 0) is 5.41 Å². The summed E-state index contributed by atoms with van der Waals surface area (Å²) < 4.78 is 0. The van der Waals surface area contributed by atoms with E-state index in [-0.39, 0.29) is 5.41 Å². The van der Waals surface area contributed by atoms with Gasteiger partial charge >= 0.3 is 0 Å². The van der Waals surface area contributed by atoms with Crippen molar-refractivity contribution < 1.29 is 0 Å². The van der Waals surface area contributed by atoms with Crippen molar-refractivity contribution >= 4 is 16.7 Å². The molecule has 0 amide bonds. The molecule has 1 saturated carbocycles. The van der Waals surface area contributed by atoms with Crippen molar-refractivity contribution in [2.45, 2.75) is 18.8 Å². The van der Waals surface area contributed by atoms with Gasteiger partial charge in [-0.15, -0.1) is 0 Å². The molecule has 3 rings (SSSR count). The first-order chi connectivity index (χ1) is 7.66. The van der Waals surface area contributed by atoms with Gasteiger partial charge < -0.3 is 10.7 Å². The van der Waals surface area contributed by atoms with Gasteiger partial charge in [0.1, 0.15) is 5.84 Å². The van der Waals surface area contributed by atoms with E-state index < -0.39 is 0 Å². The zero-order valence-electron chi connectivity index (χ0n) is 9.25. The quantitative estimate of drug-likeness (QED) is 0.520. The summed E-state index contributed by atoms with van der Waals surface area (Å²) in [5.74, 6) is 0.772. The number of amidine groups is 1. The lowest BCUT2D eigenvalue weighted by atomic mass is 9.92. The summed E-state index contributed by atoms with van der Waals surface area (Å²) in [5.41, 5.74) is 7.87. The molecule has 2 unspecified atom stereocenters. The zero-order chi connectivity index (χ0) is 11.3. The van der Waals surface area contributed by atoms with Crippen molar-refractivity contribution in [1.82, 2.24) is 4.98 Å². The van der Waals surface area contributed by atoms with E-state index in [4.69, 9.17) is 11.1 Å². The van der Waals surface area contributed by atoms with Crippen molar-refractivity contribution in [3.63, 3.8) is 0 Å². The van der Waals surface area contributed by atoms with E-state index in [1.807, 2.05) is 18.3 Å². The molecule has 0 bridgehead atoms. The number of aromatic nitrogens is 1. The maximum absolute atomic E-state index is 7.81. The zero-order valence-corrected chi connectivity index (χ0v) is 9.25. The van der Waals surface area contributed by atoms with E-state index >= 15 is 0 Å². The standard InChI is InChI=1S/C13H15N3/c1-8-6-13(8,12(14)15)10-7-16-11-5-3-2-4-9(10)11/h2-5,7-8,16H,6H2,1H3,(H3,14,15). The fraction of sp³-hybridized carbons (Fsp3) is 0.308. The van der Waals surface area contributed by atoms with Gasteiger partial charge in [-0.2, -0.15) is 0 Å². The molecule has 0 aliphatic heterocycles. The third-order valence-corrected chi connectivity index (χ3v) is 3.86. The molecule has 3 heteroatoms. The SMILES string of the molecule is CC1CC1(C(=N)N)c1c[nH]c2ccccc12. The lowest BCUT2D eigenvalue weighted by molar-refractivity contribution is 0.811. The van der Waals surface area contributed by atoms with E-state index in [0.717, 1.165) is 11.9 Å². The molecule has 0 radical (unpaired) electrons. The minimum absolute atomic E-state index is 0.209. The average molecular weight is 213 g/mol. The molecule has 1 aromatic carbocycles. The number of nitrogens with one attached hydrogen (secondary N) is 2. The number of H-pyrrole nitrogens is 1. The van der Waals surface area contributed by atoms with E-state index in [1.54, 1.807) is 0 Å².